The summed E-state index contributed by atoms with van der Waals surface area (Å²) in [7, 11) is 0. The zero-order chi connectivity index (χ0) is 15.3. The molecule has 0 spiro atoms. The maximum absolute atomic E-state index is 12.4. The molecule has 114 valence electrons. The van der Waals surface area contributed by atoms with Gasteiger partial charge in [-0.05, 0) is 57.6 Å². The van der Waals surface area contributed by atoms with E-state index < -0.39 is 0 Å². The maximum Gasteiger partial charge on any atom is 0.166 e. The van der Waals surface area contributed by atoms with Gasteiger partial charge in [0.05, 0.1) is 5.57 Å². The Hall–Kier alpha value is -1.31. The molecule has 0 radical (unpaired) electrons. The summed E-state index contributed by atoms with van der Waals surface area (Å²) < 4.78 is 6.44. The third-order valence-corrected chi connectivity index (χ3v) is 5.75. The van der Waals surface area contributed by atoms with Gasteiger partial charge in [-0.25, -0.2) is 0 Å². The first-order valence-electron chi connectivity index (χ1n) is 8.16. The number of fused-ring (bicyclic) bond motifs is 1. The van der Waals surface area contributed by atoms with E-state index in [0.717, 1.165) is 37.0 Å². The Kier molecular flexibility index (Phi) is 3.38. The van der Waals surface area contributed by atoms with Crippen LogP contribution in [0.15, 0.2) is 35.1 Å². The lowest BCUT2D eigenvalue weighted by Gasteiger charge is -2.47. The highest BCUT2D eigenvalue weighted by atomic mass is 16.5. The molecule has 0 aromatic heterocycles. The van der Waals surface area contributed by atoms with Crippen molar-refractivity contribution in [2.45, 2.75) is 65.4 Å². The number of carbonyl (C=O) groups is 1. The van der Waals surface area contributed by atoms with E-state index in [0.29, 0.717) is 12.3 Å². The molecule has 3 rings (SSSR count). The van der Waals surface area contributed by atoms with Crippen molar-refractivity contribution in [3.05, 3.63) is 35.1 Å². The van der Waals surface area contributed by atoms with Gasteiger partial charge in [0.15, 0.2) is 5.78 Å². The first-order chi connectivity index (χ1) is 9.84. The van der Waals surface area contributed by atoms with Gasteiger partial charge < -0.3 is 4.74 Å². The van der Waals surface area contributed by atoms with Crippen molar-refractivity contribution in [2.75, 3.05) is 0 Å². The predicted octanol–water partition coefficient (Wildman–Crippen LogP) is 4.72. The van der Waals surface area contributed by atoms with Crippen LogP contribution in [0.25, 0.3) is 0 Å². The molecular formula is C19H26O2. The maximum atomic E-state index is 12.4. The van der Waals surface area contributed by atoms with Crippen LogP contribution >= 0.6 is 0 Å². The summed E-state index contributed by atoms with van der Waals surface area (Å²) in [4.78, 5) is 12.4. The highest BCUT2D eigenvalue weighted by molar-refractivity contribution is 6.00. The Morgan fingerprint density at radius 2 is 2.05 bits per heavy atom. The SMILES string of the molecule is C/C1=C/CCC2(C)C=CC3=C(O2)[C@](C)(CC1)[C@@H](C)CC3=O. The number of carbonyl (C=O) groups excluding carboxylic acids is 1. The van der Waals surface area contributed by atoms with Crippen LogP contribution in [0, 0.1) is 11.3 Å². The number of rotatable bonds is 0. The minimum absolute atomic E-state index is 0.0261. The third-order valence-electron chi connectivity index (χ3n) is 5.75. The van der Waals surface area contributed by atoms with Crippen LogP contribution in [0.3, 0.4) is 0 Å². The van der Waals surface area contributed by atoms with Crippen LogP contribution in [0.5, 0.6) is 0 Å². The first-order valence-corrected chi connectivity index (χ1v) is 8.16. The molecule has 0 amide bonds. The number of allylic oxidation sites excluding steroid dienone is 5. The Labute approximate surface area is 127 Å². The van der Waals surface area contributed by atoms with Gasteiger partial charge >= 0.3 is 0 Å². The molecule has 0 saturated carbocycles. The molecule has 0 aromatic rings. The van der Waals surface area contributed by atoms with Crippen molar-refractivity contribution in [1.82, 2.24) is 0 Å². The Morgan fingerprint density at radius 1 is 1.29 bits per heavy atom. The zero-order valence-corrected chi connectivity index (χ0v) is 13.7. The average molecular weight is 286 g/mol. The van der Waals surface area contributed by atoms with Gasteiger partial charge in [-0.1, -0.05) is 25.5 Å². The van der Waals surface area contributed by atoms with E-state index in [2.05, 4.69) is 39.8 Å². The fourth-order valence-electron chi connectivity index (χ4n) is 3.80. The quantitative estimate of drug-likeness (QED) is 0.602. The second-order valence-electron chi connectivity index (χ2n) is 7.53. The lowest BCUT2D eigenvalue weighted by molar-refractivity contribution is -0.120. The van der Waals surface area contributed by atoms with Crippen LogP contribution < -0.4 is 0 Å². The van der Waals surface area contributed by atoms with Crippen LogP contribution in [0.1, 0.15) is 59.8 Å². The van der Waals surface area contributed by atoms with E-state index in [-0.39, 0.29) is 16.8 Å². The molecule has 1 unspecified atom stereocenters. The highest BCUT2D eigenvalue weighted by Gasteiger charge is 2.47. The summed E-state index contributed by atoms with van der Waals surface area (Å²) in [6, 6.07) is 0. The fourth-order valence-corrected chi connectivity index (χ4v) is 3.80. The van der Waals surface area contributed by atoms with Crippen molar-refractivity contribution in [1.29, 1.82) is 0 Å². The van der Waals surface area contributed by atoms with Crippen molar-refractivity contribution in [3.8, 4) is 0 Å². The lowest BCUT2D eigenvalue weighted by Crippen LogP contribution is -2.42. The normalized spacial score (nSPS) is 42.2. The minimum atomic E-state index is -0.272. The van der Waals surface area contributed by atoms with E-state index in [4.69, 9.17) is 4.74 Å². The molecule has 2 bridgehead atoms. The molecule has 2 aliphatic heterocycles. The van der Waals surface area contributed by atoms with Gasteiger partial charge in [-0.15, -0.1) is 0 Å². The zero-order valence-electron chi connectivity index (χ0n) is 13.7. The van der Waals surface area contributed by atoms with E-state index >= 15 is 0 Å². The number of ether oxygens (including phenoxy) is 1. The average Bonchev–Trinajstić information content (AvgIpc) is 2.42. The molecular weight excluding hydrogens is 260 g/mol. The van der Waals surface area contributed by atoms with Crippen molar-refractivity contribution in [3.63, 3.8) is 0 Å². The first kappa shape index (κ1) is 14.6. The number of hydrogen-bond acceptors (Lipinski definition) is 2. The highest BCUT2D eigenvalue weighted by Crippen LogP contribution is 2.51. The van der Waals surface area contributed by atoms with E-state index in [1.807, 2.05) is 6.08 Å². The molecule has 2 heterocycles. The lowest BCUT2D eigenvalue weighted by atomic mass is 9.64. The van der Waals surface area contributed by atoms with E-state index in [9.17, 15) is 4.79 Å². The summed E-state index contributed by atoms with van der Waals surface area (Å²) in [6.07, 6.45) is 11.3. The summed E-state index contributed by atoms with van der Waals surface area (Å²) in [5, 5.41) is 0. The van der Waals surface area contributed by atoms with Gasteiger partial charge in [0.25, 0.3) is 0 Å². The van der Waals surface area contributed by atoms with Gasteiger partial charge in [0.2, 0.25) is 0 Å². The smallest absolute Gasteiger partial charge is 0.166 e. The summed E-state index contributed by atoms with van der Waals surface area (Å²) >= 11 is 0. The van der Waals surface area contributed by atoms with Crippen LogP contribution in [-0.2, 0) is 9.53 Å². The molecule has 3 atom stereocenters. The standard InChI is InChI=1S/C19H26O2/c1-13-6-5-9-18(3)10-8-15-16(20)12-14(2)19(4,11-7-13)17(15)21-18/h6,8,10,14H,5,7,9,11-12H2,1-4H3/b13-6-/t14-,18?,19+/m0/s1. The van der Waals surface area contributed by atoms with Crippen molar-refractivity contribution >= 4 is 5.78 Å². The Bertz CT molecular complexity index is 566. The van der Waals surface area contributed by atoms with Gasteiger partial charge in [0.1, 0.15) is 11.4 Å². The molecule has 21 heavy (non-hydrogen) atoms. The largest absolute Gasteiger partial charge is 0.486 e. The number of Topliss-reactive ketones (excluding diaryl/α,β-unsaturated/α-hetero) is 1. The van der Waals surface area contributed by atoms with Gasteiger partial charge in [-0.2, -0.15) is 0 Å². The van der Waals surface area contributed by atoms with E-state index in [1.54, 1.807) is 0 Å². The molecule has 0 saturated heterocycles. The molecule has 3 aliphatic rings. The van der Waals surface area contributed by atoms with Crippen LogP contribution in [0.4, 0.5) is 0 Å². The number of ketones is 1. The number of hydrogen-bond donors (Lipinski definition) is 0. The van der Waals surface area contributed by atoms with Gasteiger partial charge in [0, 0.05) is 11.8 Å². The second-order valence-corrected chi connectivity index (χ2v) is 7.53. The Balaban J connectivity index is 2.11. The second kappa shape index (κ2) is 4.86. The molecule has 0 N–H and O–H groups in total. The summed E-state index contributed by atoms with van der Waals surface area (Å²) in [5.74, 6) is 1.55. The molecule has 0 fully saturated rings. The third kappa shape index (κ3) is 2.39. The van der Waals surface area contributed by atoms with Crippen molar-refractivity contribution < 1.29 is 9.53 Å². The minimum Gasteiger partial charge on any atom is -0.486 e. The van der Waals surface area contributed by atoms with Gasteiger partial charge in [-0.3, -0.25) is 4.79 Å². The molecule has 0 aromatic carbocycles. The Morgan fingerprint density at radius 3 is 2.81 bits per heavy atom. The van der Waals surface area contributed by atoms with Crippen LogP contribution in [0.2, 0.25) is 0 Å². The topological polar surface area (TPSA) is 26.3 Å². The molecule has 1 aliphatic carbocycles. The molecule has 2 heteroatoms. The fraction of sp³-hybridized carbons (Fsp3) is 0.632. The molecule has 2 nitrogen and oxygen atoms in total. The summed E-state index contributed by atoms with van der Waals surface area (Å²) in [5.41, 5.74) is 2.00. The van der Waals surface area contributed by atoms with Crippen molar-refractivity contribution in [2.24, 2.45) is 11.3 Å². The summed E-state index contributed by atoms with van der Waals surface area (Å²) in [6.45, 7) is 8.86. The van der Waals surface area contributed by atoms with E-state index in [1.165, 1.54) is 5.57 Å². The van der Waals surface area contributed by atoms with Crippen LogP contribution in [-0.4, -0.2) is 11.4 Å². The predicted molar refractivity (Wildman–Crippen MR) is 84.8 cm³/mol. The monoisotopic (exact) mass is 286 g/mol.